The lowest BCUT2D eigenvalue weighted by Gasteiger charge is -2.13. The van der Waals surface area contributed by atoms with Crippen LogP contribution in [-0.2, 0) is 6.54 Å². The largest absolute Gasteiger partial charge is 0.497 e. The molecule has 2 rings (SSSR count). The first-order valence-electron chi connectivity index (χ1n) is 6.27. The fraction of sp³-hybridized carbons (Fsp3) is 0.200. The van der Waals surface area contributed by atoms with Gasteiger partial charge in [0, 0.05) is 30.6 Å². The molecule has 0 bridgehead atoms. The van der Waals surface area contributed by atoms with Crippen LogP contribution in [0.5, 0.6) is 11.5 Å². The first-order valence-corrected chi connectivity index (χ1v) is 6.27. The third-order valence-corrected chi connectivity index (χ3v) is 3.02. The fourth-order valence-electron chi connectivity index (χ4n) is 1.91. The summed E-state index contributed by atoms with van der Waals surface area (Å²) >= 11 is 0. The van der Waals surface area contributed by atoms with Gasteiger partial charge in [-0.05, 0) is 18.2 Å². The molecular formula is C15H16N2O4. The third-order valence-electron chi connectivity index (χ3n) is 3.02. The summed E-state index contributed by atoms with van der Waals surface area (Å²) in [6, 6.07) is 7.09. The molecule has 0 atom stereocenters. The summed E-state index contributed by atoms with van der Waals surface area (Å²) in [4.78, 5) is 14.9. The van der Waals surface area contributed by atoms with Gasteiger partial charge in [-0.3, -0.25) is 4.98 Å². The van der Waals surface area contributed by atoms with Crippen molar-refractivity contribution in [3.8, 4) is 11.5 Å². The molecule has 0 saturated heterocycles. The molecule has 6 heteroatoms. The maximum atomic E-state index is 11.1. The number of pyridine rings is 1. The molecule has 0 fully saturated rings. The Morgan fingerprint density at radius 2 is 2.10 bits per heavy atom. The van der Waals surface area contributed by atoms with Gasteiger partial charge >= 0.3 is 5.97 Å². The molecule has 1 heterocycles. The van der Waals surface area contributed by atoms with Crippen molar-refractivity contribution in [3.63, 3.8) is 0 Å². The van der Waals surface area contributed by atoms with Crippen LogP contribution >= 0.6 is 0 Å². The Balaban J connectivity index is 2.19. The molecule has 0 amide bonds. The van der Waals surface area contributed by atoms with E-state index in [0.29, 0.717) is 23.7 Å². The van der Waals surface area contributed by atoms with Gasteiger partial charge in [0.05, 0.1) is 19.9 Å². The van der Waals surface area contributed by atoms with E-state index in [2.05, 4.69) is 10.3 Å². The van der Waals surface area contributed by atoms with E-state index in [1.54, 1.807) is 32.5 Å². The lowest BCUT2D eigenvalue weighted by molar-refractivity contribution is 0.0697. The Kier molecular flexibility index (Phi) is 4.61. The van der Waals surface area contributed by atoms with Crippen molar-refractivity contribution in [2.45, 2.75) is 6.54 Å². The topological polar surface area (TPSA) is 80.7 Å². The quantitative estimate of drug-likeness (QED) is 0.849. The number of benzene rings is 1. The minimum atomic E-state index is -1.02. The molecule has 6 nitrogen and oxygen atoms in total. The fourth-order valence-corrected chi connectivity index (χ4v) is 1.91. The molecule has 0 unspecified atom stereocenters. The zero-order valence-electron chi connectivity index (χ0n) is 11.8. The molecule has 0 radical (unpaired) electrons. The zero-order chi connectivity index (χ0) is 15.2. The van der Waals surface area contributed by atoms with Crippen LogP contribution in [0, 0.1) is 0 Å². The van der Waals surface area contributed by atoms with Crippen molar-refractivity contribution in [3.05, 3.63) is 47.8 Å². The van der Waals surface area contributed by atoms with Crippen LogP contribution in [0.4, 0.5) is 5.69 Å². The van der Waals surface area contributed by atoms with Gasteiger partial charge in [0.2, 0.25) is 0 Å². The number of hydrogen-bond acceptors (Lipinski definition) is 5. The monoisotopic (exact) mass is 288 g/mol. The maximum Gasteiger partial charge on any atom is 0.339 e. The summed E-state index contributed by atoms with van der Waals surface area (Å²) in [7, 11) is 3.16. The van der Waals surface area contributed by atoms with Gasteiger partial charge in [0.1, 0.15) is 17.1 Å². The lowest BCUT2D eigenvalue weighted by Crippen LogP contribution is -2.07. The predicted molar refractivity (Wildman–Crippen MR) is 78.1 cm³/mol. The van der Waals surface area contributed by atoms with Crippen molar-refractivity contribution < 1.29 is 19.4 Å². The van der Waals surface area contributed by atoms with Gasteiger partial charge < -0.3 is 19.9 Å². The van der Waals surface area contributed by atoms with E-state index in [0.717, 1.165) is 5.56 Å². The van der Waals surface area contributed by atoms with Crippen LogP contribution in [-0.4, -0.2) is 30.3 Å². The number of rotatable bonds is 6. The molecule has 21 heavy (non-hydrogen) atoms. The highest BCUT2D eigenvalue weighted by atomic mass is 16.5. The number of anilines is 1. The Bertz CT molecular complexity index is 643. The molecule has 0 aliphatic heterocycles. The van der Waals surface area contributed by atoms with Gasteiger partial charge in [0.15, 0.2) is 0 Å². The minimum Gasteiger partial charge on any atom is -0.497 e. The van der Waals surface area contributed by atoms with Gasteiger partial charge in [-0.15, -0.1) is 0 Å². The molecule has 1 aromatic heterocycles. The second-order valence-electron chi connectivity index (χ2n) is 4.26. The first kappa shape index (κ1) is 14.6. The van der Waals surface area contributed by atoms with E-state index in [-0.39, 0.29) is 5.56 Å². The number of carboxylic acids is 1. The van der Waals surface area contributed by atoms with Crippen LogP contribution in [0.1, 0.15) is 15.9 Å². The van der Waals surface area contributed by atoms with Gasteiger partial charge in [-0.1, -0.05) is 0 Å². The average Bonchev–Trinajstić information content (AvgIpc) is 2.52. The van der Waals surface area contributed by atoms with Crippen molar-refractivity contribution >= 4 is 11.7 Å². The van der Waals surface area contributed by atoms with Crippen molar-refractivity contribution in [1.29, 1.82) is 0 Å². The summed E-state index contributed by atoms with van der Waals surface area (Å²) < 4.78 is 10.4. The number of aromatic nitrogens is 1. The summed E-state index contributed by atoms with van der Waals surface area (Å²) in [5.41, 5.74) is 1.53. The van der Waals surface area contributed by atoms with Gasteiger partial charge in [0.25, 0.3) is 0 Å². The number of aromatic carboxylic acids is 1. The summed E-state index contributed by atoms with van der Waals surface area (Å²) in [5.74, 6) is 0.353. The van der Waals surface area contributed by atoms with Gasteiger partial charge in [-0.25, -0.2) is 4.79 Å². The minimum absolute atomic E-state index is 0.130. The van der Waals surface area contributed by atoms with Crippen molar-refractivity contribution in [2.24, 2.45) is 0 Å². The van der Waals surface area contributed by atoms with Crippen LogP contribution < -0.4 is 14.8 Å². The van der Waals surface area contributed by atoms with E-state index in [4.69, 9.17) is 14.6 Å². The highest BCUT2D eigenvalue weighted by Crippen LogP contribution is 2.25. The highest BCUT2D eigenvalue weighted by molar-refractivity contribution is 5.93. The number of carboxylic acid groups (broad SMARTS) is 1. The van der Waals surface area contributed by atoms with Crippen LogP contribution in [0.2, 0.25) is 0 Å². The van der Waals surface area contributed by atoms with E-state index in [1.807, 2.05) is 12.1 Å². The smallest absolute Gasteiger partial charge is 0.339 e. The van der Waals surface area contributed by atoms with Crippen LogP contribution in [0.15, 0.2) is 36.7 Å². The highest BCUT2D eigenvalue weighted by Gasteiger charge is 2.11. The van der Waals surface area contributed by atoms with E-state index in [1.165, 1.54) is 6.20 Å². The second-order valence-corrected chi connectivity index (χ2v) is 4.26. The zero-order valence-corrected chi connectivity index (χ0v) is 11.8. The SMILES string of the molecule is COc1ccc(CNc2ccncc2C(=O)O)c(OC)c1. The predicted octanol–water partition coefficient (Wildman–Crippen LogP) is 2.41. The molecular weight excluding hydrogens is 272 g/mol. The summed E-state index contributed by atoms with van der Waals surface area (Å²) in [6.07, 6.45) is 2.86. The maximum absolute atomic E-state index is 11.1. The molecule has 1 aromatic carbocycles. The van der Waals surface area contributed by atoms with Crippen molar-refractivity contribution in [1.82, 2.24) is 4.98 Å². The molecule has 0 aliphatic rings. The second kappa shape index (κ2) is 6.60. The van der Waals surface area contributed by atoms with E-state index in [9.17, 15) is 4.79 Å². The number of methoxy groups -OCH3 is 2. The van der Waals surface area contributed by atoms with Crippen molar-refractivity contribution in [2.75, 3.05) is 19.5 Å². The standard InChI is InChI=1S/C15H16N2O4/c1-20-11-4-3-10(14(7-11)21-2)8-17-13-5-6-16-9-12(13)15(18)19/h3-7,9H,8H2,1-2H3,(H,16,17)(H,18,19). The first-order chi connectivity index (χ1) is 10.2. The molecule has 2 N–H and O–H groups in total. The average molecular weight is 288 g/mol. The molecule has 0 spiro atoms. The number of hydrogen-bond donors (Lipinski definition) is 2. The summed E-state index contributed by atoms with van der Waals surface area (Å²) in [5, 5.41) is 12.2. The van der Waals surface area contributed by atoms with E-state index >= 15 is 0 Å². The third kappa shape index (κ3) is 3.42. The Hall–Kier alpha value is -2.76. The molecule has 0 saturated carbocycles. The molecule has 2 aromatic rings. The van der Waals surface area contributed by atoms with E-state index < -0.39 is 5.97 Å². The molecule has 110 valence electrons. The Morgan fingerprint density at radius 1 is 1.29 bits per heavy atom. The number of carbonyl (C=O) groups is 1. The Labute approximate surface area is 122 Å². The Morgan fingerprint density at radius 3 is 2.76 bits per heavy atom. The number of nitrogens with zero attached hydrogens (tertiary/aromatic N) is 1. The molecule has 0 aliphatic carbocycles. The van der Waals surface area contributed by atoms with Crippen LogP contribution in [0.3, 0.4) is 0 Å². The summed E-state index contributed by atoms with van der Waals surface area (Å²) in [6.45, 7) is 0.428. The van der Waals surface area contributed by atoms with Crippen LogP contribution in [0.25, 0.3) is 0 Å². The normalized spacial score (nSPS) is 10.0. The lowest BCUT2D eigenvalue weighted by atomic mass is 10.1. The number of ether oxygens (including phenoxy) is 2. The van der Waals surface area contributed by atoms with Gasteiger partial charge in [-0.2, -0.15) is 0 Å². The number of nitrogens with one attached hydrogen (secondary N) is 1.